The molecule has 0 radical (unpaired) electrons. The number of benzene rings is 1. The molecule has 2 atom stereocenters. The summed E-state index contributed by atoms with van der Waals surface area (Å²) >= 11 is 0. The minimum Gasteiger partial charge on any atom is -0.391 e. The van der Waals surface area contributed by atoms with Crippen LogP contribution in [-0.2, 0) is 0 Å². The molecule has 1 aliphatic rings. The highest BCUT2D eigenvalue weighted by Gasteiger charge is 2.27. The maximum atomic E-state index is 12.5. The van der Waals surface area contributed by atoms with Crippen molar-refractivity contribution < 1.29 is 9.90 Å². The molecule has 1 aliphatic carbocycles. The van der Waals surface area contributed by atoms with Gasteiger partial charge in [0.15, 0.2) is 5.78 Å². The van der Waals surface area contributed by atoms with Crippen molar-refractivity contribution in [3.05, 3.63) is 34.9 Å². The van der Waals surface area contributed by atoms with E-state index in [0.717, 1.165) is 42.4 Å². The summed E-state index contributed by atoms with van der Waals surface area (Å²) in [5, 5.41) is 10.1. The molecule has 1 N–H and O–H groups in total. The fraction of sp³-hybridized carbons (Fsp3) is 0.588. The predicted molar refractivity (Wildman–Crippen MR) is 81.1 cm³/mol. The average molecular weight is 275 g/mol. The zero-order chi connectivity index (χ0) is 14.7. The number of aliphatic hydroxyl groups is 1. The third kappa shape index (κ3) is 3.47. The molecule has 1 fully saturated rings. The highest BCUT2D eigenvalue weighted by molar-refractivity contribution is 5.99. The Hall–Kier alpha value is -1.19. The number of carbonyl (C=O) groups excluding carboxylic acids is 1. The number of carbonyl (C=O) groups is 1. The lowest BCUT2D eigenvalue weighted by atomic mass is 9.91. The van der Waals surface area contributed by atoms with Gasteiger partial charge >= 0.3 is 0 Å². The highest BCUT2D eigenvalue weighted by Crippen LogP contribution is 2.23. The second-order valence-electron chi connectivity index (χ2n) is 6.08. The maximum absolute atomic E-state index is 12.5. The monoisotopic (exact) mass is 275 g/mol. The van der Waals surface area contributed by atoms with Gasteiger partial charge in [0.05, 0.1) is 12.6 Å². The summed E-state index contributed by atoms with van der Waals surface area (Å²) < 4.78 is 0. The maximum Gasteiger partial charge on any atom is 0.177 e. The molecule has 0 saturated heterocycles. The number of nitrogens with zero attached hydrogens (tertiary/aromatic N) is 1. The van der Waals surface area contributed by atoms with Gasteiger partial charge < -0.3 is 5.11 Å². The smallest absolute Gasteiger partial charge is 0.177 e. The van der Waals surface area contributed by atoms with Crippen molar-refractivity contribution in [2.75, 3.05) is 13.6 Å². The van der Waals surface area contributed by atoms with Gasteiger partial charge in [0.2, 0.25) is 0 Å². The summed E-state index contributed by atoms with van der Waals surface area (Å²) in [6, 6.07) is 6.11. The van der Waals surface area contributed by atoms with Gasteiger partial charge in [0.1, 0.15) is 0 Å². The summed E-state index contributed by atoms with van der Waals surface area (Å²) in [6.45, 7) is 4.36. The van der Waals surface area contributed by atoms with E-state index in [9.17, 15) is 9.90 Å². The first kappa shape index (κ1) is 15.2. The van der Waals surface area contributed by atoms with Crippen molar-refractivity contribution >= 4 is 5.78 Å². The third-order valence-corrected chi connectivity index (χ3v) is 4.35. The summed E-state index contributed by atoms with van der Waals surface area (Å²) in [4.78, 5) is 14.5. The van der Waals surface area contributed by atoms with Crippen LogP contribution in [0.1, 0.15) is 47.2 Å². The van der Waals surface area contributed by atoms with Gasteiger partial charge in [-0.2, -0.15) is 0 Å². The predicted octanol–water partition coefficient (Wildman–Crippen LogP) is 2.72. The molecule has 1 aromatic carbocycles. The Kier molecular flexibility index (Phi) is 4.95. The first-order valence-corrected chi connectivity index (χ1v) is 7.48. The first-order chi connectivity index (χ1) is 9.49. The molecule has 3 heteroatoms. The van der Waals surface area contributed by atoms with E-state index < -0.39 is 0 Å². The Labute approximate surface area is 121 Å². The second kappa shape index (κ2) is 6.51. The first-order valence-electron chi connectivity index (χ1n) is 7.48. The van der Waals surface area contributed by atoms with Gasteiger partial charge in [-0.05, 0) is 45.4 Å². The standard InChI is InChI=1S/C17H25NO2/c1-12-8-9-13(2)14(10-12)17(20)11-18(3)15-6-4-5-7-16(15)19/h8-10,15-16,19H,4-7,11H2,1-3H3. The molecule has 2 unspecified atom stereocenters. The SMILES string of the molecule is Cc1ccc(C)c(C(=O)CN(C)C2CCCCC2O)c1. The van der Waals surface area contributed by atoms with Crippen LogP contribution in [0.4, 0.5) is 0 Å². The Morgan fingerprint density at radius 3 is 2.70 bits per heavy atom. The van der Waals surface area contributed by atoms with E-state index in [1.165, 1.54) is 0 Å². The van der Waals surface area contributed by atoms with Crippen molar-refractivity contribution in [1.29, 1.82) is 0 Å². The molecule has 110 valence electrons. The van der Waals surface area contributed by atoms with Crippen LogP contribution in [-0.4, -0.2) is 41.5 Å². The van der Waals surface area contributed by atoms with E-state index in [-0.39, 0.29) is 17.9 Å². The summed E-state index contributed by atoms with van der Waals surface area (Å²) in [6.07, 6.45) is 3.78. The molecule has 1 aromatic rings. The van der Waals surface area contributed by atoms with E-state index in [1.54, 1.807) is 0 Å². The minimum atomic E-state index is -0.292. The molecule has 0 aromatic heterocycles. The van der Waals surface area contributed by atoms with Crippen LogP contribution in [0.3, 0.4) is 0 Å². The Morgan fingerprint density at radius 1 is 1.30 bits per heavy atom. The van der Waals surface area contributed by atoms with Crippen molar-refractivity contribution in [2.45, 2.75) is 51.7 Å². The van der Waals surface area contributed by atoms with Crippen molar-refractivity contribution in [2.24, 2.45) is 0 Å². The molecule has 0 spiro atoms. The zero-order valence-corrected chi connectivity index (χ0v) is 12.7. The molecule has 0 bridgehead atoms. The number of rotatable bonds is 4. The van der Waals surface area contributed by atoms with Gasteiger partial charge in [-0.3, -0.25) is 9.69 Å². The Morgan fingerprint density at radius 2 is 2.00 bits per heavy atom. The van der Waals surface area contributed by atoms with E-state index in [2.05, 4.69) is 0 Å². The minimum absolute atomic E-state index is 0.123. The lowest BCUT2D eigenvalue weighted by Crippen LogP contribution is -2.45. The van der Waals surface area contributed by atoms with Gasteiger partial charge in [0.25, 0.3) is 0 Å². The van der Waals surface area contributed by atoms with E-state index in [4.69, 9.17) is 0 Å². The van der Waals surface area contributed by atoms with Crippen LogP contribution < -0.4 is 0 Å². The highest BCUT2D eigenvalue weighted by atomic mass is 16.3. The quantitative estimate of drug-likeness (QED) is 0.859. The lowest BCUT2D eigenvalue weighted by molar-refractivity contribution is 0.0322. The number of aryl methyl sites for hydroxylation is 2. The molecule has 2 rings (SSSR count). The van der Waals surface area contributed by atoms with Crippen LogP contribution >= 0.6 is 0 Å². The molecular formula is C17H25NO2. The van der Waals surface area contributed by atoms with E-state index in [0.29, 0.717) is 6.54 Å². The van der Waals surface area contributed by atoms with Gasteiger partial charge in [-0.1, -0.05) is 30.5 Å². The van der Waals surface area contributed by atoms with Crippen LogP contribution in [0.5, 0.6) is 0 Å². The largest absolute Gasteiger partial charge is 0.391 e. The van der Waals surface area contributed by atoms with Crippen molar-refractivity contribution in [3.63, 3.8) is 0 Å². The molecular weight excluding hydrogens is 250 g/mol. The number of likely N-dealkylation sites (N-methyl/N-ethyl adjacent to an activating group) is 1. The van der Waals surface area contributed by atoms with E-state index in [1.807, 2.05) is 44.0 Å². The molecule has 0 amide bonds. The Balaban J connectivity index is 2.05. The second-order valence-corrected chi connectivity index (χ2v) is 6.08. The fourth-order valence-corrected chi connectivity index (χ4v) is 3.07. The summed E-state index contributed by atoms with van der Waals surface area (Å²) in [7, 11) is 1.95. The van der Waals surface area contributed by atoms with Crippen molar-refractivity contribution in [1.82, 2.24) is 4.90 Å². The van der Waals surface area contributed by atoms with Gasteiger partial charge in [0, 0.05) is 11.6 Å². The number of hydrogen-bond acceptors (Lipinski definition) is 3. The number of Topliss-reactive ketones (excluding diaryl/α,β-unsaturated/α-hetero) is 1. The molecule has 1 saturated carbocycles. The number of ketones is 1. The topological polar surface area (TPSA) is 40.5 Å². The molecule has 20 heavy (non-hydrogen) atoms. The third-order valence-electron chi connectivity index (χ3n) is 4.35. The van der Waals surface area contributed by atoms with Crippen LogP contribution in [0.15, 0.2) is 18.2 Å². The van der Waals surface area contributed by atoms with Crippen LogP contribution in [0.2, 0.25) is 0 Å². The fourth-order valence-electron chi connectivity index (χ4n) is 3.07. The normalized spacial score (nSPS) is 23.1. The van der Waals surface area contributed by atoms with Crippen molar-refractivity contribution in [3.8, 4) is 0 Å². The van der Waals surface area contributed by atoms with E-state index >= 15 is 0 Å². The lowest BCUT2D eigenvalue weighted by Gasteiger charge is -2.34. The van der Waals surface area contributed by atoms with Crippen LogP contribution in [0.25, 0.3) is 0 Å². The van der Waals surface area contributed by atoms with Gasteiger partial charge in [-0.25, -0.2) is 0 Å². The molecule has 0 heterocycles. The Bertz CT molecular complexity index is 484. The molecule has 0 aliphatic heterocycles. The summed E-state index contributed by atoms with van der Waals surface area (Å²) in [5.41, 5.74) is 2.94. The number of aliphatic hydroxyl groups excluding tert-OH is 1. The average Bonchev–Trinajstić information content (AvgIpc) is 2.41. The molecule has 3 nitrogen and oxygen atoms in total. The van der Waals surface area contributed by atoms with Crippen LogP contribution in [0, 0.1) is 13.8 Å². The summed E-state index contributed by atoms with van der Waals surface area (Å²) in [5.74, 6) is 0.145. The number of hydrogen-bond donors (Lipinski definition) is 1. The van der Waals surface area contributed by atoms with Gasteiger partial charge in [-0.15, -0.1) is 0 Å². The zero-order valence-electron chi connectivity index (χ0n) is 12.7.